The lowest BCUT2D eigenvalue weighted by molar-refractivity contribution is 1.48. The minimum Gasteiger partial charge on any atom is -0.192 e. The van der Waals surface area contributed by atoms with Gasteiger partial charge in [0.25, 0.3) is 0 Å². The molecule has 0 atom stereocenters. The Hall–Kier alpha value is -2.48. The number of fused-ring (bicyclic) bond motifs is 5. The summed E-state index contributed by atoms with van der Waals surface area (Å²) in [5, 5.41) is 19.6. The third-order valence-corrected chi connectivity index (χ3v) is 9.49. The van der Waals surface area contributed by atoms with Gasteiger partial charge in [-0.1, -0.05) is 24.3 Å². The topological polar surface area (TPSA) is 47.6 Å². The van der Waals surface area contributed by atoms with Gasteiger partial charge in [-0.3, -0.25) is 0 Å². The number of benzene rings is 3. The largest absolute Gasteiger partial charge is 0.192 e. The molecule has 3 aromatic carbocycles. The molecule has 0 saturated heterocycles. The molecule has 0 spiro atoms. The van der Waals surface area contributed by atoms with Crippen molar-refractivity contribution < 1.29 is 0 Å². The highest BCUT2D eigenvalue weighted by Gasteiger charge is 2.18. The fourth-order valence-electron chi connectivity index (χ4n) is 2.93. The molecule has 0 aliphatic rings. The molecule has 6 heteroatoms. The second kappa shape index (κ2) is 6.05. The second-order valence-corrected chi connectivity index (χ2v) is 9.80. The van der Waals surface area contributed by atoms with Crippen molar-refractivity contribution in [2.75, 3.05) is 0 Å². The molecule has 2 aromatic heterocycles. The molecule has 0 amide bonds. The van der Waals surface area contributed by atoms with Crippen molar-refractivity contribution >= 4 is 82.9 Å². The zero-order chi connectivity index (χ0) is 17.7. The van der Waals surface area contributed by atoms with E-state index in [2.05, 4.69) is 36.4 Å². The molecule has 5 rings (SSSR count). The van der Waals surface area contributed by atoms with Crippen LogP contribution in [0.1, 0.15) is 11.1 Å². The smallest absolute Gasteiger partial charge is 0.102 e. The fraction of sp³-hybridized carbons (Fsp3) is 0. The molecule has 2 heterocycles. The lowest BCUT2D eigenvalue weighted by atomic mass is 10.1. The van der Waals surface area contributed by atoms with Gasteiger partial charge in [-0.2, -0.15) is 10.5 Å². The Balaban J connectivity index is 2.13. The molecule has 0 unspecified atom stereocenters. The number of hydrogen-bond donors (Lipinski definition) is 0. The van der Waals surface area contributed by atoms with Crippen molar-refractivity contribution in [3.05, 3.63) is 59.7 Å². The quantitative estimate of drug-likeness (QED) is 0.199. The van der Waals surface area contributed by atoms with Crippen LogP contribution in [-0.4, -0.2) is 0 Å². The van der Waals surface area contributed by atoms with Gasteiger partial charge in [0, 0.05) is 18.8 Å². The number of hydrogen-bond acceptors (Lipinski definition) is 6. The second-order valence-electron chi connectivity index (χ2n) is 5.59. The highest BCUT2D eigenvalue weighted by molar-refractivity contribution is 7.42. The van der Waals surface area contributed by atoms with Crippen molar-refractivity contribution in [2.24, 2.45) is 0 Å². The van der Waals surface area contributed by atoms with E-state index in [1.54, 1.807) is 45.3 Å². The van der Waals surface area contributed by atoms with Crippen LogP contribution in [0.25, 0.3) is 37.6 Å². The predicted octanol–water partition coefficient (Wildman–Crippen LogP) is 7.41. The molecule has 0 aliphatic carbocycles. The zero-order valence-electron chi connectivity index (χ0n) is 13.1. The summed E-state index contributed by atoms with van der Waals surface area (Å²) in [6, 6.07) is 21.1. The van der Waals surface area contributed by atoms with Crippen molar-refractivity contribution in [1.82, 2.24) is 0 Å². The van der Waals surface area contributed by atoms with Crippen LogP contribution >= 0.6 is 45.3 Å². The van der Waals surface area contributed by atoms with Gasteiger partial charge in [0.1, 0.15) is 12.1 Å². The van der Waals surface area contributed by atoms with E-state index in [0.717, 1.165) is 28.2 Å². The van der Waals surface area contributed by atoms with Crippen molar-refractivity contribution in [2.45, 2.75) is 0 Å². The van der Waals surface area contributed by atoms with Crippen molar-refractivity contribution in [3.8, 4) is 12.1 Å². The Bertz CT molecular complexity index is 1350. The van der Waals surface area contributed by atoms with E-state index in [4.69, 9.17) is 0 Å². The highest BCUT2D eigenvalue weighted by Crippen LogP contribution is 2.45. The first-order valence-electron chi connectivity index (χ1n) is 7.73. The summed E-state index contributed by atoms with van der Waals surface area (Å²) < 4.78 is 8.71. The third kappa shape index (κ3) is 2.25. The van der Waals surface area contributed by atoms with Gasteiger partial charge in [0.05, 0.1) is 29.9 Å². The summed E-state index contributed by atoms with van der Waals surface area (Å²) in [5.74, 6) is 0. The molecule has 26 heavy (non-hydrogen) atoms. The summed E-state index contributed by atoms with van der Waals surface area (Å²) in [4.78, 5) is 0. The fourth-order valence-corrected chi connectivity index (χ4v) is 8.12. The van der Waals surface area contributed by atoms with E-state index >= 15 is 0 Å². The molecule has 0 saturated carbocycles. The van der Waals surface area contributed by atoms with Gasteiger partial charge in [-0.05, 0) is 24.3 Å². The molecule has 5 aromatic rings. The van der Waals surface area contributed by atoms with E-state index in [9.17, 15) is 10.5 Å². The summed E-state index contributed by atoms with van der Waals surface area (Å²) in [6.45, 7) is 0. The van der Waals surface area contributed by atoms with E-state index < -0.39 is 0 Å². The van der Waals surface area contributed by atoms with Crippen molar-refractivity contribution in [3.63, 3.8) is 0 Å². The lowest BCUT2D eigenvalue weighted by Crippen LogP contribution is -1.87. The summed E-state index contributed by atoms with van der Waals surface area (Å²) in [6.07, 6.45) is 0. The average Bonchev–Trinajstić information content (AvgIpc) is 2.70. The first-order valence-corrected chi connectivity index (χ1v) is 11.0. The van der Waals surface area contributed by atoms with Crippen molar-refractivity contribution in [1.29, 1.82) is 10.5 Å². The standard InChI is InChI=1S/C20H8N2S4/c21-9-11-12(10-22)18-20(26-16-8-4-2-6-14(16)24-18)19-17(11)23-13-5-1-3-7-15(13)25-19/h1-8H. The maximum Gasteiger partial charge on any atom is 0.102 e. The molecular weight excluding hydrogens is 397 g/mol. The van der Waals surface area contributed by atoms with Crippen LogP contribution in [0.15, 0.2) is 48.5 Å². The Morgan fingerprint density at radius 1 is 0.500 bits per heavy atom. The summed E-state index contributed by atoms with van der Waals surface area (Å²) in [7, 11) is 0. The highest BCUT2D eigenvalue weighted by atomic mass is 32.1. The van der Waals surface area contributed by atoms with Gasteiger partial charge >= 0.3 is 0 Å². The van der Waals surface area contributed by atoms with Crippen LogP contribution in [-0.2, 0) is 0 Å². The Morgan fingerprint density at radius 3 is 1.12 bits per heavy atom. The Labute approximate surface area is 164 Å². The molecular formula is C20H8N2S4. The number of nitrogens with zero attached hydrogens (tertiary/aromatic N) is 2. The molecule has 0 N–H and O–H groups in total. The van der Waals surface area contributed by atoms with E-state index in [0.29, 0.717) is 11.1 Å². The van der Waals surface area contributed by atoms with Crippen LogP contribution in [0.2, 0.25) is 0 Å². The van der Waals surface area contributed by atoms with E-state index in [-0.39, 0.29) is 0 Å². The van der Waals surface area contributed by atoms with Gasteiger partial charge in [-0.15, -0.1) is 45.3 Å². The molecule has 2 nitrogen and oxygen atoms in total. The molecule has 0 bridgehead atoms. The van der Waals surface area contributed by atoms with Crippen LogP contribution in [0.4, 0.5) is 0 Å². The van der Waals surface area contributed by atoms with Crippen LogP contribution in [0.3, 0.4) is 0 Å². The summed E-state index contributed by atoms with van der Waals surface area (Å²) in [5.41, 5.74) is 1.00. The number of nitriles is 2. The van der Waals surface area contributed by atoms with Gasteiger partial charge in [-0.25, -0.2) is 0 Å². The van der Waals surface area contributed by atoms with Gasteiger partial charge in [0.15, 0.2) is 0 Å². The van der Waals surface area contributed by atoms with Crippen LogP contribution in [0.5, 0.6) is 0 Å². The molecule has 0 fully saturated rings. The SMILES string of the molecule is N#Cc1c(C#N)c2sc3ccccc3sc2c2sc3ccccc3sc12. The molecule has 122 valence electrons. The average molecular weight is 405 g/mol. The Kier molecular flexibility index (Phi) is 3.66. The van der Waals surface area contributed by atoms with E-state index in [1.807, 2.05) is 24.3 Å². The molecule has 0 aliphatic heterocycles. The van der Waals surface area contributed by atoms with Crippen LogP contribution < -0.4 is 0 Å². The maximum atomic E-state index is 9.81. The van der Waals surface area contributed by atoms with Gasteiger partial charge in [0.2, 0.25) is 0 Å². The first-order chi connectivity index (χ1) is 12.8. The third-order valence-electron chi connectivity index (χ3n) is 4.09. The monoisotopic (exact) mass is 404 g/mol. The maximum absolute atomic E-state index is 9.81. The minimum atomic E-state index is 0.501. The minimum absolute atomic E-state index is 0.501. The van der Waals surface area contributed by atoms with Crippen LogP contribution in [0, 0.1) is 22.7 Å². The normalized spacial score (nSPS) is 11.0. The molecule has 0 radical (unpaired) electrons. The predicted molar refractivity (Wildman–Crippen MR) is 115 cm³/mol. The first kappa shape index (κ1) is 15.7. The van der Waals surface area contributed by atoms with E-state index in [1.165, 1.54) is 9.40 Å². The summed E-state index contributed by atoms with van der Waals surface area (Å²) >= 11 is 6.61. The zero-order valence-corrected chi connectivity index (χ0v) is 16.4. The lowest BCUT2D eigenvalue weighted by Gasteiger charge is -2.09. The number of rotatable bonds is 0. The van der Waals surface area contributed by atoms with Gasteiger partial charge < -0.3 is 0 Å². The Morgan fingerprint density at radius 2 is 0.808 bits per heavy atom.